The van der Waals surface area contributed by atoms with Crippen molar-refractivity contribution in [3.63, 3.8) is 0 Å². The van der Waals surface area contributed by atoms with Crippen LogP contribution in [0.1, 0.15) is 38.5 Å². The molecule has 0 spiro atoms. The third-order valence-corrected chi connectivity index (χ3v) is 10.9. The third-order valence-electron chi connectivity index (χ3n) is 10.6. The zero-order chi connectivity index (χ0) is 31.4. The molecule has 2 aliphatic carbocycles. The van der Waals surface area contributed by atoms with E-state index in [1.807, 2.05) is 0 Å². The first kappa shape index (κ1) is 34.6. The fourth-order valence-corrected chi connectivity index (χ4v) is 7.85. The van der Waals surface area contributed by atoms with E-state index in [4.69, 9.17) is 21.4 Å². The lowest BCUT2D eigenvalue weighted by molar-refractivity contribution is -0.140. The standard InChI is InChI=1S/C30H53ClFN5O7/c31-19-9-34-30(35-10-19)37-14-22-21(23(22)15-37)2-1-5-44-20-4-3-18(24(32)7-20)6-27(41)36-12-17(13-36)8-33-11-25(39)28(42)29(43)26(40)16-38/h17-26,28-30,33-35,38-40,42-43H,1-16H2/t18?,19?,20?,21?,22-,23+,24?,25-,26+,28+,29+,30?/m0/s1. The second-order valence-electron chi connectivity index (χ2n) is 13.8. The highest BCUT2D eigenvalue weighted by Crippen LogP contribution is 2.54. The second-order valence-corrected chi connectivity index (χ2v) is 14.4. The van der Waals surface area contributed by atoms with E-state index in [0.29, 0.717) is 39.1 Å². The highest BCUT2D eigenvalue weighted by Gasteiger charge is 2.55. The molecule has 0 aromatic heterocycles. The van der Waals surface area contributed by atoms with Gasteiger partial charge in [0.2, 0.25) is 5.91 Å². The Kier molecular flexibility index (Phi) is 12.5. The molecule has 0 aromatic carbocycles. The molecule has 14 heteroatoms. The molecule has 2 saturated carbocycles. The number of halogens is 2. The molecule has 0 radical (unpaired) electrons. The Morgan fingerprint density at radius 3 is 2.36 bits per heavy atom. The van der Waals surface area contributed by atoms with Gasteiger partial charge in [-0.25, -0.2) is 4.39 Å². The average Bonchev–Trinajstić information content (AvgIpc) is 3.43. The van der Waals surface area contributed by atoms with E-state index >= 15 is 0 Å². The summed E-state index contributed by atoms with van der Waals surface area (Å²) >= 11 is 6.16. The lowest BCUT2D eigenvalue weighted by Gasteiger charge is -2.41. The lowest BCUT2D eigenvalue weighted by Crippen LogP contribution is -2.61. The Bertz CT molecular complexity index is 905. The van der Waals surface area contributed by atoms with E-state index in [0.717, 1.165) is 56.8 Å². The van der Waals surface area contributed by atoms with Gasteiger partial charge in [-0.3, -0.25) is 20.3 Å². The zero-order valence-corrected chi connectivity index (χ0v) is 26.3. The molecule has 3 heterocycles. The van der Waals surface area contributed by atoms with Crippen molar-refractivity contribution in [2.45, 2.75) is 86.9 Å². The molecule has 0 aromatic rings. The summed E-state index contributed by atoms with van der Waals surface area (Å²) in [4.78, 5) is 17.0. The maximum absolute atomic E-state index is 15.0. The number of nitrogens with one attached hydrogen (secondary N) is 3. The number of fused-ring (bicyclic) bond motifs is 1. The molecule has 4 unspecified atom stereocenters. The topological polar surface area (TPSA) is 170 Å². The number of hydrogen-bond donors (Lipinski definition) is 8. The summed E-state index contributed by atoms with van der Waals surface area (Å²) in [7, 11) is 0. The molecule has 5 rings (SSSR count). The fourth-order valence-electron chi connectivity index (χ4n) is 7.67. The van der Waals surface area contributed by atoms with Gasteiger partial charge in [0, 0.05) is 77.7 Å². The summed E-state index contributed by atoms with van der Waals surface area (Å²) in [6.07, 6.45) is -2.77. The van der Waals surface area contributed by atoms with Crippen molar-refractivity contribution in [3.05, 3.63) is 0 Å². The van der Waals surface area contributed by atoms with Crippen LogP contribution in [0.2, 0.25) is 0 Å². The van der Waals surface area contributed by atoms with Crippen LogP contribution in [-0.2, 0) is 9.53 Å². The van der Waals surface area contributed by atoms with E-state index in [-0.39, 0.29) is 48.5 Å². The van der Waals surface area contributed by atoms with Gasteiger partial charge in [0.15, 0.2) is 0 Å². The summed E-state index contributed by atoms with van der Waals surface area (Å²) in [5, 5.41) is 57.9. The molecule has 12 nitrogen and oxygen atoms in total. The van der Waals surface area contributed by atoms with Gasteiger partial charge < -0.3 is 40.5 Å². The van der Waals surface area contributed by atoms with E-state index in [1.54, 1.807) is 4.90 Å². The molecule has 44 heavy (non-hydrogen) atoms. The summed E-state index contributed by atoms with van der Waals surface area (Å²) < 4.78 is 21.1. The van der Waals surface area contributed by atoms with E-state index in [9.17, 15) is 29.6 Å². The van der Waals surface area contributed by atoms with Gasteiger partial charge in [0.05, 0.1) is 24.2 Å². The predicted molar refractivity (Wildman–Crippen MR) is 161 cm³/mol. The molecule has 5 aliphatic rings. The zero-order valence-electron chi connectivity index (χ0n) is 25.5. The van der Waals surface area contributed by atoms with Crippen molar-refractivity contribution >= 4 is 17.5 Å². The third kappa shape index (κ3) is 8.80. The Balaban J connectivity index is 0.877. The maximum Gasteiger partial charge on any atom is 0.222 e. The number of carbonyl (C=O) groups is 1. The van der Waals surface area contributed by atoms with Crippen molar-refractivity contribution in [1.82, 2.24) is 25.8 Å². The quantitative estimate of drug-likeness (QED) is 0.0718. The number of aliphatic hydroxyl groups excluding tert-OH is 5. The summed E-state index contributed by atoms with van der Waals surface area (Å²) in [5.74, 6) is 2.24. The molecule has 0 bridgehead atoms. The highest BCUT2D eigenvalue weighted by molar-refractivity contribution is 6.21. The van der Waals surface area contributed by atoms with Crippen molar-refractivity contribution in [3.8, 4) is 0 Å². The molecule has 254 valence electrons. The van der Waals surface area contributed by atoms with Gasteiger partial charge in [0.1, 0.15) is 30.8 Å². The van der Waals surface area contributed by atoms with E-state index < -0.39 is 37.2 Å². The first-order chi connectivity index (χ1) is 21.1. The molecule has 8 N–H and O–H groups in total. The molecule has 5 fully saturated rings. The first-order valence-corrected chi connectivity index (χ1v) is 17.0. The number of alkyl halides is 2. The molecule has 3 saturated heterocycles. The Hall–Kier alpha value is -0.710. The van der Waals surface area contributed by atoms with Gasteiger partial charge >= 0.3 is 0 Å². The van der Waals surface area contributed by atoms with Gasteiger partial charge in [-0.2, -0.15) is 0 Å². The van der Waals surface area contributed by atoms with Crippen LogP contribution in [0.25, 0.3) is 0 Å². The van der Waals surface area contributed by atoms with Gasteiger partial charge in [0.25, 0.3) is 0 Å². The smallest absolute Gasteiger partial charge is 0.222 e. The predicted octanol–water partition coefficient (Wildman–Crippen LogP) is -1.57. The number of amides is 1. The fraction of sp³-hybridized carbons (Fsp3) is 0.967. The molecule has 3 aliphatic heterocycles. The van der Waals surface area contributed by atoms with Crippen LogP contribution >= 0.6 is 11.6 Å². The Morgan fingerprint density at radius 1 is 1.02 bits per heavy atom. The van der Waals surface area contributed by atoms with Crippen LogP contribution in [0, 0.1) is 29.6 Å². The van der Waals surface area contributed by atoms with Gasteiger partial charge in [-0.15, -0.1) is 11.6 Å². The summed E-state index contributed by atoms with van der Waals surface area (Å²) in [6.45, 7) is 5.50. The van der Waals surface area contributed by atoms with Crippen LogP contribution < -0.4 is 16.0 Å². The normalized spacial score (nSPS) is 37.2. The van der Waals surface area contributed by atoms with Crippen LogP contribution in [0.4, 0.5) is 4.39 Å². The maximum atomic E-state index is 15.0. The number of hydrogen-bond acceptors (Lipinski definition) is 11. The monoisotopic (exact) mass is 649 g/mol. The summed E-state index contributed by atoms with van der Waals surface area (Å²) in [5.41, 5.74) is 0. The molecule has 10 atom stereocenters. The van der Waals surface area contributed by atoms with Crippen molar-refractivity contribution in [2.24, 2.45) is 29.6 Å². The number of likely N-dealkylation sites (tertiary alicyclic amines) is 2. The van der Waals surface area contributed by atoms with Crippen LogP contribution in [0.15, 0.2) is 0 Å². The van der Waals surface area contributed by atoms with Gasteiger partial charge in [-0.1, -0.05) is 0 Å². The minimum atomic E-state index is -1.66. The Morgan fingerprint density at radius 2 is 1.70 bits per heavy atom. The SMILES string of the molecule is O=C(CC1CCC(OCCCC2[C@H]3CN(C4NCC(Cl)CN4)C[C@@H]23)CC1F)N1CC(CNC[C@H](O)[C@@H](O)[C@H](O)[C@H](O)CO)C1. The second kappa shape index (κ2) is 15.9. The number of ether oxygens (including phenoxy) is 1. The minimum Gasteiger partial charge on any atom is -0.394 e. The number of nitrogens with zero attached hydrogens (tertiary/aromatic N) is 2. The Labute approximate surface area is 264 Å². The lowest BCUT2D eigenvalue weighted by atomic mass is 9.83. The minimum absolute atomic E-state index is 0.0116. The summed E-state index contributed by atoms with van der Waals surface area (Å²) in [6, 6.07) is 0. The van der Waals surface area contributed by atoms with Crippen molar-refractivity contribution in [2.75, 3.05) is 65.6 Å². The average molecular weight is 650 g/mol. The number of carbonyl (C=O) groups excluding carboxylic acids is 1. The van der Waals surface area contributed by atoms with Crippen LogP contribution in [0.5, 0.6) is 0 Å². The van der Waals surface area contributed by atoms with Gasteiger partial charge in [-0.05, 0) is 49.4 Å². The molecular weight excluding hydrogens is 597 g/mol. The first-order valence-electron chi connectivity index (χ1n) is 16.6. The van der Waals surface area contributed by atoms with Crippen LogP contribution in [-0.4, -0.2) is 155 Å². The highest BCUT2D eigenvalue weighted by atomic mass is 35.5. The van der Waals surface area contributed by atoms with E-state index in [2.05, 4.69) is 20.9 Å². The number of rotatable bonds is 16. The van der Waals surface area contributed by atoms with Crippen molar-refractivity contribution in [1.29, 1.82) is 0 Å². The molecular formula is C30H53ClFN5O7. The van der Waals surface area contributed by atoms with Crippen molar-refractivity contribution < 1.29 is 39.5 Å². The van der Waals surface area contributed by atoms with Crippen LogP contribution in [0.3, 0.4) is 0 Å². The van der Waals surface area contributed by atoms with E-state index in [1.165, 1.54) is 6.42 Å². The number of aliphatic hydroxyl groups is 5. The largest absolute Gasteiger partial charge is 0.394 e. The number of piperidine rings is 1. The molecule has 1 amide bonds.